The van der Waals surface area contributed by atoms with Gasteiger partial charge >= 0.3 is 5.97 Å². The number of fused-ring (bicyclic) bond motifs is 1. The smallest absolute Gasteiger partial charge is 0.302 e. The third-order valence-electron chi connectivity index (χ3n) is 6.63. The van der Waals surface area contributed by atoms with Crippen molar-refractivity contribution < 1.29 is 23.8 Å². The monoisotopic (exact) mass is 364 g/mol. The number of esters is 1. The molecule has 0 amide bonds. The second kappa shape index (κ2) is 8.22. The van der Waals surface area contributed by atoms with Crippen molar-refractivity contribution in [1.82, 2.24) is 0 Å². The predicted molar refractivity (Wildman–Crippen MR) is 97.5 cm³/mol. The fourth-order valence-corrected chi connectivity index (χ4v) is 5.22. The summed E-state index contributed by atoms with van der Waals surface area (Å²) in [5.74, 6) is 0.485. The van der Waals surface area contributed by atoms with Crippen molar-refractivity contribution in [2.75, 3.05) is 7.11 Å². The van der Waals surface area contributed by atoms with Crippen LogP contribution in [-0.2, 0) is 23.8 Å². The molecule has 0 bridgehead atoms. The van der Waals surface area contributed by atoms with Gasteiger partial charge < -0.3 is 14.2 Å². The third kappa shape index (κ3) is 4.04. The number of methoxy groups -OCH3 is 1. The number of carbonyl (C=O) groups excluding carboxylic acids is 2. The van der Waals surface area contributed by atoms with E-state index in [-0.39, 0.29) is 29.4 Å². The molecule has 1 aliphatic heterocycles. The lowest BCUT2D eigenvalue weighted by Crippen LogP contribution is -2.47. The molecular weight excluding hydrogens is 332 g/mol. The molecule has 3 aliphatic rings. The average molecular weight is 364 g/mol. The number of allylic oxidation sites excluding steroid dienone is 1. The molecule has 0 aromatic rings. The van der Waals surface area contributed by atoms with E-state index in [2.05, 4.69) is 13.0 Å². The van der Waals surface area contributed by atoms with Gasteiger partial charge in [0.2, 0.25) is 0 Å². The third-order valence-corrected chi connectivity index (χ3v) is 6.63. The van der Waals surface area contributed by atoms with Crippen molar-refractivity contribution in [3.63, 3.8) is 0 Å². The van der Waals surface area contributed by atoms with Gasteiger partial charge in [0.1, 0.15) is 11.9 Å². The maximum absolute atomic E-state index is 11.9. The molecule has 0 aromatic carbocycles. The van der Waals surface area contributed by atoms with Crippen molar-refractivity contribution in [2.45, 2.75) is 90.1 Å². The minimum atomic E-state index is -0.401. The fourth-order valence-electron chi connectivity index (χ4n) is 5.22. The maximum atomic E-state index is 11.9. The van der Waals surface area contributed by atoms with Gasteiger partial charge in [0, 0.05) is 25.9 Å². The van der Waals surface area contributed by atoms with Gasteiger partial charge in [0.05, 0.1) is 12.5 Å². The molecule has 5 nitrogen and oxygen atoms in total. The second-order valence-corrected chi connectivity index (χ2v) is 8.22. The molecule has 2 fully saturated rings. The summed E-state index contributed by atoms with van der Waals surface area (Å²) in [7, 11) is 1.59. The molecule has 1 unspecified atom stereocenters. The molecule has 5 atom stereocenters. The summed E-state index contributed by atoms with van der Waals surface area (Å²) in [5.41, 5.74) is 1.38. The highest BCUT2D eigenvalue weighted by molar-refractivity contribution is 5.79. The SMILES string of the molecule is CO[C@@H]1CC(=O)CC(CC[C@H]2CCC=C3CCC[C@H](OC(C)=O)[C@@]32C)O1. The van der Waals surface area contributed by atoms with E-state index in [0.29, 0.717) is 18.8 Å². The molecule has 0 radical (unpaired) electrons. The molecule has 3 rings (SSSR count). The maximum Gasteiger partial charge on any atom is 0.302 e. The molecule has 1 saturated heterocycles. The summed E-state index contributed by atoms with van der Waals surface area (Å²) < 4.78 is 16.9. The Morgan fingerprint density at radius 1 is 1.31 bits per heavy atom. The highest BCUT2D eigenvalue weighted by Crippen LogP contribution is 2.53. The summed E-state index contributed by atoms with van der Waals surface area (Å²) in [5, 5.41) is 0. The minimum Gasteiger partial charge on any atom is -0.462 e. The zero-order valence-electron chi connectivity index (χ0n) is 16.3. The Hall–Kier alpha value is -1.20. The number of ether oxygens (including phenoxy) is 3. The molecular formula is C21H32O5. The summed E-state index contributed by atoms with van der Waals surface area (Å²) >= 11 is 0. The van der Waals surface area contributed by atoms with Crippen molar-refractivity contribution in [1.29, 1.82) is 0 Å². The Morgan fingerprint density at radius 3 is 2.85 bits per heavy atom. The van der Waals surface area contributed by atoms with Crippen LogP contribution in [0.15, 0.2) is 11.6 Å². The van der Waals surface area contributed by atoms with Gasteiger partial charge in [-0.3, -0.25) is 9.59 Å². The van der Waals surface area contributed by atoms with Crippen molar-refractivity contribution in [3.05, 3.63) is 11.6 Å². The van der Waals surface area contributed by atoms with Crippen molar-refractivity contribution in [3.8, 4) is 0 Å². The van der Waals surface area contributed by atoms with Gasteiger partial charge in [0.25, 0.3) is 0 Å². The summed E-state index contributed by atoms with van der Waals surface area (Å²) in [4.78, 5) is 23.6. The van der Waals surface area contributed by atoms with Gasteiger partial charge in [-0.2, -0.15) is 0 Å². The Kier molecular flexibility index (Phi) is 6.18. The fraction of sp³-hybridized carbons (Fsp3) is 0.810. The summed E-state index contributed by atoms with van der Waals surface area (Å²) in [6.07, 6.45) is 9.88. The zero-order valence-corrected chi connectivity index (χ0v) is 16.3. The van der Waals surface area contributed by atoms with Gasteiger partial charge in [-0.25, -0.2) is 0 Å². The second-order valence-electron chi connectivity index (χ2n) is 8.22. The quantitative estimate of drug-likeness (QED) is 0.546. The van der Waals surface area contributed by atoms with E-state index in [1.54, 1.807) is 7.11 Å². The number of hydrogen-bond acceptors (Lipinski definition) is 5. The Balaban J connectivity index is 1.69. The Bertz CT molecular complexity index is 569. The van der Waals surface area contributed by atoms with E-state index < -0.39 is 6.29 Å². The van der Waals surface area contributed by atoms with E-state index in [4.69, 9.17) is 14.2 Å². The summed E-state index contributed by atoms with van der Waals surface area (Å²) in [6, 6.07) is 0. The van der Waals surface area contributed by atoms with Crippen LogP contribution in [0.25, 0.3) is 0 Å². The van der Waals surface area contributed by atoms with Gasteiger partial charge in [0.15, 0.2) is 6.29 Å². The average Bonchev–Trinajstić information content (AvgIpc) is 2.60. The number of ketones is 1. The number of Topliss-reactive ketones (excluding diaryl/α,β-unsaturated/α-hetero) is 1. The standard InChI is InChI=1S/C21H32O5/c1-14(22)25-19-9-5-8-15-6-4-7-16(21(15,19)2)10-11-18-12-17(23)13-20(24-3)26-18/h6,16,18-20H,4-5,7-13H2,1-3H3/t16-,18?,19+,20+,21+/m1/s1. The first-order chi connectivity index (χ1) is 12.4. The lowest BCUT2D eigenvalue weighted by Gasteiger charge is -2.50. The van der Waals surface area contributed by atoms with Crippen LogP contribution in [-0.4, -0.2) is 37.4 Å². The Labute approximate surface area is 156 Å². The van der Waals surface area contributed by atoms with Crippen LogP contribution >= 0.6 is 0 Å². The normalized spacial score (nSPS) is 37.7. The van der Waals surface area contributed by atoms with E-state index in [1.165, 1.54) is 12.5 Å². The van der Waals surface area contributed by atoms with Gasteiger partial charge in [-0.15, -0.1) is 0 Å². The number of carbonyl (C=O) groups is 2. The van der Waals surface area contributed by atoms with E-state index in [9.17, 15) is 9.59 Å². The van der Waals surface area contributed by atoms with Crippen LogP contribution in [0.2, 0.25) is 0 Å². The highest BCUT2D eigenvalue weighted by Gasteiger charge is 2.48. The summed E-state index contributed by atoms with van der Waals surface area (Å²) in [6.45, 7) is 3.78. The molecule has 2 aliphatic carbocycles. The number of rotatable bonds is 5. The molecule has 1 saturated carbocycles. The first kappa shape index (κ1) is 19.6. The van der Waals surface area contributed by atoms with Crippen molar-refractivity contribution in [2.24, 2.45) is 11.3 Å². The molecule has 1 heterocycles. The molecule has 0 aromatic heterocycles. The molecule has 0 N–H and O–H groups in total. The molecule has 146 valence electrons. The first-order valence-electron chi connectivity index (χ1n) is 10.00. The van der Waals surface area contributed by atoms with Gasteiger partial charge in [-0.1, -0.05) is 18.6 Å². The van der Waals surface area contributed by atoms with Crippen molar-refractivity contribution >= 4 is 11.8 Å². The van der Waals surface area contributed by atoms with Crippen LogP contribution in [0.1, 0.15) is 71.6 Å². The van der Waals surface area contributed by atoms with Gasteiger partial charge in [-0.05, 0) is 50.9 Å². The zero-order chi connectivity index (χ0) is 18.7. The largest absolute Gasteiger partial charge is 0.462 e. The van der Waals surface area contributed by atoms with E-state index >= 15 is 0 Å². The lowest BCUT2D eigenvalue weighted by molar-refractivity contribution is -0.186. The number of hydrogen-bond donors (Lipinski definition) is 0. The minimum absolute atomic E-state index is 0.0362. The lowest BCUT2D eigenvalue weighted by atomic mass is 9.57. The highest BCUT2D eigenvalue weighted by atomic mass is 16.7. The van der Waals surface area contributed by atoms with Crippen LogP contribution in [0.4, 0.5) is 0 Å². The molecule has 5 heteroatoms. The molecule has 26 heavy (non-hydrogen) atoms. The van der Waals surface area contributed by atoms with Crippen LogP contribution in [0.5, 0.6) is 0 Å². The molecule has 0 spiro atoms. The first-order valence-corrected chi connectivity index (χ1v) is 10.00. The van der Waals surface area contributed by atoms with Crippen LogP contribution in [0, 0.1) is 11.3 Å². The predicted octanol–water partition coefficient (Wildman–Crippen LogP) is 3.95. The van der Waals surface area contributed by atoms with Crippen LogP contribution in [0.3, 0.4) is 0 Å². The van der Waals surface area contributed by atoms with E-state index in [1.807, 2.05) is 0 Å². The van der Waals surface area contributed by atoms with E-state index in [0.717, 1.165) is 44.9 Å². The topological polar surface area (TPSA) is 61.8 Å². The van der Waals surface area contributed by atoms with Crippen LogP contribution < -0.4 is 0 Å². The Morgan fingerprint density at radius 2 is 2.12 bits per heavy atom.